The minimum absolute atomic E-state index is 0.00572. The summed E-state index contributed by atoms with van der Waals surface area (Å²) in [6.07, 6.45) is -2.93. The van der Waals surface area contributed by atoms with Gasteiger partial charge < -0.3 is 36.7 Å². The van der Waals surface area contributed by atoms with Crippen molar-refractivity contribution in [3.63, 3.8) is 0 Å². The van der Waals surface area contributed by atoms with E-state index in [2.05, 4.69) is 10.6 Å². The quantitative estimate of drug-likeness (QED) is 0.0566. The molecule has 57 heavy (non-hydrogen) atoms. The van der Waals surface area contributed by atoms with Gasteiger partial charge in [0.1, 0.15) is 17.7 Å². The number of carbonyl (C=O) groups is 5. The maximum absolute atomic E-state index is 14.8. The molecule has 6 atom stereocenters. The molecule has 0 bridgehead atoms. The summed E-state index contributed by atoms with van der Waals surface area (Å²) in [5.41, 5.74) is 10.9. The van der Waals surface area contributed by atoms with Crippen LogP contribution in [0.4, 0.5) is 16.2 Å². The molecule has 16 nitrogen and oxygen atoms in total. The summed E-state index contributed by atoms with van der Waals surface area (Å²) < 4.78 is 10.7. The zero-order valence-corrected chi connectivity index (χ0v) is 33.4. The second-order valence-corrected chi connectivity index (χ2v) is 14.9. The van der Waals surface area contributed by atoms with Crippen LogP contribution in [0.5, 0.6) is 0 Å². The van der Waals surface area contributed by atoms with Crippen LogP contribution in [0.15, 0.2) is 78.9 Å². The lowest BCUT2D eigenvalue weighted by Crippen LogP contribution is -2.65. The van der Waals surface area contributed by atoms with Crippen molar-refractivity contribution in [1.82, 2.24) is 15.5 Å². The molecule has 7 N–H and O–H groups in total. The number of hydrogen-bond donors (Lipinski definition) is 5. The van der Waals surface area contributed by atoms with Crippen LogP contribution in [0.3, 0.4) is 0 Å². The number of nitrogens with zero attached hydrogens (tertiary/aromatic N) is 2. The highest BCUT2D eigenvalue weighted by molar-refractivity contribution is 6.05. The maximum atomic E-state index is 14.8. The minimum Gasteiger partial charge on any atom is -0.467 e. The number of benzene rings is 3. The number of nitrogens with two attached hydrogens (primary N) is 2. The SMILES string of the molecule is CC[C@H](C)[C@](C(=O)OC)(c1ccc(N)cc1)N(C(=O)CC(O)[C@@H](N)Cc1ccc([N+](=O)[O-])cc1)C(=O)C(C)NC(=O)[C@H](Cc1ccccc1)NC(=O)OC(C)(C)C. The van der Waals surface area contributed by atoms with Gasteiger partial charge in [-0.25, -0.2) is 9.59 Å². The number of nitrogens with one attached hydrogen (secondary N) is 2. The molecule has 0 saturated carbocycles. The summed E-state index contributed by atoms with van der Waals surface area (Å²) in [5.74, 6) is -4.59. The van der Waals surface area contributed by atoms with Gasteiger partial charge in [0.05, 0.1) is 24.6 Å². The van der Waals surface area contributed by atoms with Gasteiger partial charge in [0.15, 0.2) is 5.54 Å². The zero-order chi connectivity index (χ0) is 42.7. The first-order valence-corrected chi connectivity index (χ1v) is 18.6. The fourth-order valence-electron chi connectivity index (χ4n) is 6.39. The van der Waals surface area contributed by atoms with Crippen LogP contribution in [0, 0.1) is 16.0 Å². The molecule has 0 aliphatic carbocycles. The van der Waals surface area contributed by atoms with Crippen LogP contribution in [-0.4, -0.2) is 81.7 Å². The highest BCUT2D eigenvalue weighted by Crippen LogP contribution is 2.41. The monoisotopic (exact) mass is 790 g/mol. The summed E-state index contributed by atoms with van der Waals surface area (Å²) in [6.45, 7) is 9.72. The van der Waals surface area contributed by atoms with Gasteiger partial charge in [0.2, 0.25) is 11.8 Å². The number of ether oxygens (including phenoxy) is 2. The van der Waals surface area contributed by atoms with E-state index in [1.165, 1.54) is 55.5 Å². The molecule has 16 heteroatoms. The molecule has 4 amide bonds. The molecule has 0 saturated heterocycles. The van der Waals surface area contributed by atoms with E-state index in [4.69, 9.17) is 20.9 Å². The number of amides is 4. The number of nitro benzene ring substituents is 1. The van der Waals surface area contributed by atoms with E-state index in [0.717, 1.165) is 12.0 Å². The van der Waals surface area contributed by atoms with Crippen molar-refractivity contribution in [2.75, 3.05) is 12.8 Å². The molecule has 0 heterocycles. The Hall–Kier alpha value is -5.87. The minimum atomic E-state index is -2.13. The smallest absolute Gasteiger partial charge is 0.408 e. The average Bonchev–Trinajstić information content (AvgIpc) is 3.15. The lowest BCUT2D eigenvalue weighted by molar-refractivity contribution is -0.384. The molecule has 3 aromatic rings. The van der Waals surface area contributed by atoms with Gasteiger partial charge in [-0.2, -0.15) is 0 Å². The van der Waals surface area contributed by atoms with Gasteiger partial charge in [-0.15, -0.1) is 0 Å². The number of nitrogen functional groups attached to an aromatic ring is 1. The van der Waals surface area contributed by atoms with Crippen molar-refractivity contribution in [3.05, 3.63) is 106 Å². The Morgan fingerprint density at radius 1 is 0.895 bits per heavy atom. The van der Waals surface area contributed by atoms with Gasteiger partial charge in [-0.1, -0.05) is 74.9 Å². The van der Waals surface area contributed by atoms with Crippen LogP contribution in [0.25, 0.3) is 0 Å². The molecule has 2 unspecified atom stereocenters. The number of alkyl carbamates (subject to hydrolysis) is 1. The number of hydrogen-bond acceptors (Lipinski definition) is 12. The van der Waals surface area contributed by atoms with Gasteiger partial charge >= 0.3 is 12.1 Å². The van der Waals surface area contributed by atoms with Crippen LogP contribution >= 0.6 is 0 Å². The molecule has 0 aliphatic heterocycles. The van der Waals surface area contributed by atoms with Gasteiger partial charge in [-0.3, -0.25) is 29.4 Å². The topological polar surface area (TPSA) is 247 Å². The number of non-ortho nitro benzene ring substituents is 1. The Labute approximate surface area is 332 Å². The van der Waals surface area contributed by atoms with E-state index >= 15 is 0 Å². The van der Waals surface area contributed by atoms with E-state index in [1.807, 2.05) is 0 Å². The summed E-state index contributed by atoms with van der Waals surface area (Å²) >= 11 is 0. The zero-order valence-electron chi connectivity index (χ0n) is 33.4. The second kappa shape index (κ2) is 19.8. The Kier molecular flexibility index (Phi) is 15.8. The number of imide groups is 1. The van der Waals surface area contributed by atoms with Crippen LogP contribution in [0.1, 0.15) is 71.1 Å². The summed E-state index contributed by atoms with van der Waals surface area (Å²) in [5, 5.41) is 27.6. The molecule has 0 fully saturated rings. The fourth-order valence-corrected chi connectivity index (χ4v) is 6.39. The van der Waals surface area contributed by atoms with Crippen molar-refractivity contribution in [2.45, 2.75) is 103 Å². The standard InChI is InChI=1S/C41H54N6O10/c1-8-25(2)41(38(52)56-7,29-16-18-30(42)19-17-29)46(35(49)24-34(48)32(43)22-28-14-20-31(21-15-28)47(54)55)37(51)26(3)44-36(50)33(23-27-12-10-9-11-13-27)45-39(53)57-40(4,5)6/h9-21,25-26,32-34,48H,8,22-24,42-43H2,1-7H3,(H,44,50)(H,45,53)/t25-,26?,32-,33-,34?,41+/m0/s1. The summed E-state index contributed by atoms with van der Waals surface area (Å²) in [6, 6.07) is 16.5. The summed E-state index contributed by atoms with van der Waals surface area (Å²) in [7, 11) is 1.11. The van der Waals surface area contributed by atoms with Crippen LogP contribution in [0.2, 0.25) is 0 Å². The Bertz CT molecular complexity index is 1870. The number of rotatable bonds is 17. The number of carbonyl (C=O) groups excluding carboxylic acids is 5. The molecule has 0 aliphatic rings. The first-order chi connectivity index (χ1) is 26.7. The normalized spacial score (nSPS) is 15.0. The lowest BCUT2D eigenvalue weighted by Gasteiger charge is -2.45. The number of esters is 1. The fraction of sp³-hybridized carbons (Fsp3) is 0.439. The maximum Gasteiger partial charge on any atom is 0.408 e. The molecule has 3 aromatic carbocycles. The first-order valence-electron chi connectivity index (χ1n) is 18.6. The number of nitro groups is 1. The Morgan fingerprint density at radius 2 is 1.47 bits per heavy atom. The predicted molar refractivity (Wildman–Crippen MR) is 212 cm³/mol. The van der Waals surface area contributed by atoms with E-state index in [0.29, 0.717) is 16.8 Å². The van der Waals surface area contributed by atoms with Crippen molar-refractivity contribution < 1.29 is 43.5 Å². The molecule has 3 rings (SSSR count). The third-order valence-electron chi connectivity index (χ3n) is 9.51. The van der Waals surface area contributed by atoms with E-state index in [9.17, 15) is 39.2 Å². The lowest BCUT2D eigenvalue weighted by atomic mass is 9.75. The Balaban J connectivity index is 2.08. The number of aliphatic hydroxyl groups is 1. The predicted octanol–water partition coefficient (Wildman–Crippen LogP) is 3.91. The van der Waals surface area contributed by atoms with E-state index < -0.39 is 82.4 Å². The van der Waals surface area contributed by atoms with Gasteiger partial charge in [-0.05, 0) is 68.9 Å². The van der Waals surface area contributed by atoms with Crippen molar-refractivity contribution >= 4 is 41.2 Å². The molecule has 0 spiro atoms. The third-order valence-corrected chi connectivity index (χ3v) is 9.51. The van der Waals surface area contributed by atoms with Crippen molar-refractivity contribution in [2.24, 2.45) is 11.7 Å². The van der Waals surface area contributed by atoms with Gasteiger partial charge in [0.25, 0.3) is 11.6 Å². The highest BCUT2D eigenvalue weighted by Gasteiger charge is 2.56. The third kappa shape index (κ3) is 11.8. The molecular formula is C41H54N6O10. The largest absolute Gasteiger partial charge is 0.467 e. The van der Waals surface area contributed by atoms with Crippen molar-refractivity contribution in [1.29, 1.82) is 0 Å². The average molecular weight is 791 g/mol. The number of aliphatic hydroxyl groups excluding tert-OH is 1. The second-order valence-electron chi connectivity index (χ2n) is 14.9. The Morgan fingerprint density at radius 3 is 2.00 bits per heavy atom. The van der Waals surface area contributed by atoms with E-state index in [1.54, 1.807) is 65.0 Å². The number of anilines is 1. The van der Waals surface area contributed by atoms with Crippen LogP contribution in [-0.2, 0) is 47.0 Å². The molecule has 0 radical (unpaired) electrons. The van der Waals surface area contributed by atoms with E-state index in [-0.39, 0.29) is 30.5 Å². The molecule has 308 valence electrons. The number of methoxy groups -OCH3 is 1. The molecular weight excluding hydrogens is 736 g/mol. The highest BCUT2D eigenvalue weighted by atomic mass is 16.6. The summed E-state index contributed by atoms with van der Waals surface area (Å²) in [4.78, 5) is 81.8. The molecule has 0 aromatic heterocycles. The van der Waals surface area contributed by atoms with Crippen LogP contribution < -0.4 is 22.1 Å². The first kappa shape index (κ1) is 45.5. The van der Waals surface area contributed by atoms with Crippen molar-refractivity contribution in [3.8, 4) is 0 Å². The van der Waals surface area contributed by atoms with Gasteiger partial charge in [0, 0.05) is 30.3 Å².